The predicted octanol–water partition coefficient (Wildman–Crippen LogP) is 4.05. The van der Waals surface area contributed by atoms with Crippen LogP contribution in [0.4, 0.5) is 5.69 Å². The number of halogens is 2. The van der Waals surface area contributed by atoms with Crippen LogP contribution in [0.1, 0.15) is 25.7 Å². The van der Waals surface area contributed by atoms with Crippen LogP contribution in [0, 0.1) is 11.3 Å². The van der Waals surface area contributed by atoms with E-state index in [1.165, 1.54) is 19.0 Å². The van der Waals surface area contributed by atoms with E-state index in [-0.39, 0.29) is 10.9 Å². The van der Waals surface area contributed by atoms with E-state index < -0.39 is 10.0 Å². The number of rotatable bonds is 6. The van der Waals surface area contributed by atoms with Crippen LogP contribution in [0.2, 0.25) is 10.0 Å². The van der Waals surface area contributed by atoms with E-state index in [9.17, 15) is 8.42 Å². The summed E-state index contributed by atoms with van der Waals surface area (Å²) in [7, 11) is -3.47. The van der Waals surface area contributed by atoms with Gasteiger partial charge in [0.1, 0.15) is 4.90 Å². The fourth-order valence-corrected chi connectivity index (χ4v) is 7.38. The Bertz CT molecular complexity index is 1060. The number of benzene rings is 1. The lowest BCUT2D eigenvalue weighted by molar-refractivity contribution is -0.0545. The van der Waals surface area contributed by atoms with E-state index in [1.54, 1.807) is 18.3 Å². The maximum Gasteiger partial charge on any atom is 0.242 e. The van der Waals surface area contributed by atoms with Gasteiger partial charge in [0, 0.05) is 51.2 Å². The van der Waals surface area contributed by atoms with Crippen molar-refractivity contribution in [2.75, 3.05) is 37.6 Å². The number of nitrogens with one attached hydrogen (secondary N) is 1. The van der Waals surface area contributed by atoms with Crippen molar-refractivity contribution in [2.45, 2.75) is 36.6 Å². The first-order valence-electron chi connectivity index (χ1n) is 11.2. The fraction of sp³-hybridized carbons (Fsp3) is 0.522. The van der Waals surface area contributed by atoms with Crippen LogP contribution in [-0.2, 0) is 10.0 Å². The summed E-state index contributed by atoms with van der Waals surface area (Å²) in [6.07, 6.45) is 7.29. The van der Waals surface area contributed by atoms with Crippen molar-refractivity contribution in [3.8, 4) is 0 Å². The Balaban J connectivity index is 1.05. The van der Waals surface area contributed by atoms with Gasteiger partial charge in [-0.2, -0.15) is 0 Å². The van der Waals surface area contributed by atoms with E-state index in [1.807, 2.05) is 18.2 Å². The largest absolute Gasteiger partial charge is 0.368 e. The fourth-order valence-electron chi connectivity index (χ4n) is 5.76. The standard InChI is InChI=1S/C23H28Cl2N4O2S/c24-20-4-1-5-21(22(20)25)29-9-7-28(8-10-29)16-17-11-23(12-17)13-18(14-23)27-32(30,31)19-3-2-6-26-15-19/h1-6,15,17-18,27H,7-14,16H2. The van der Waals surface area contributed by atoms with Crippen molar-refractivity contribution in [1.29, 1.82) is 0 Å². The van der Waals surface area contributed by atoms with Crippen LogP contribution in [0.15, 0.2) is 47.6 Å². The highest BCUT2D eigenvalue weighted by atomic mass is 35.5. The Hall–Kier alpha value is -1.38. The summed E-state index contributed by atoms with van der Waals surface area (Å²) >= 11 is 12.6. The SMILES string of the molecule is O=S(=O)(NC1CC2(CC(CN3CCN(c4cccc(Cl)c4Cl)CC3)C2)C1)c1cccnc1. The molecule has 2 aromatic rings. The highest BCUT2D eigenvalue weighted by Crippen LogP contribution is 2.59. The number of anilines is 1. The molecular formula is C23H28Cl2N4O2S. The predicted molar refractivity (Wildman–Crippen MR) is 128 cm³/mol. The second kappa shape index (κ2) is 8.76. The number of pyridine rings is 1. The maximum absolute atomic E-state index is 12.5. The van der Waals surface area contributed by atoms with Crippen molar-refractivity contribution < 1.29 is 8.42 Å². The topological polar surface area (TPSA) is 65.5 Å². The molecule has 0 atom stereocenters. The lowest BCUT2D eigenvalue weighted by Crippen LogP contribution is -2.58. The summed E-state index contributed by atoms with van der Waals surface area (Å²) in [4.78, 5) is 9.02. The van der Waals surface area contributed by atoms with Gasteiger partial charge in [0.25, 0.3) is 0 Å². The van der Waals surface area contributed by atoms with Crippen LogP contribution in [-0.4, -0.2) is 57.1 Å². The molecule has 6 nitrogen and oxygen atoms in total. The average Bonchev–Trinajstić information content (AvgIpc) is 2.74. The van der Waals surface area contributed by atoms with E-state index in [4.69, 9.17) is 23.2 Å². The molecule has 2 heterocycles. The minimum absolute atomic E-state index is 0.0483. The van der Waals surface area contributed by atoms with E-state index in [0.29, 0.717) is 21.4 Å². The molecule has 2 aliphatic carbocycles. The van der Waals surface area contributed by atoms with Gasteiger partial charge in [0.15, 0.2) is 0 Å². The van der Waals surface area contributed by atoms with Gasteiger partial charge in [0.2, 0.25) is 10.0 Å². The highest BCUT2D eigenvalue weighted by molar-refractivity contribution is 7.89. The second-order valence-electron chi connectivity index (χ2n) is 9.55. The molecule has 1 N–H and O–H groups in total. The minimum atomic E-state index is -3.47. The molecular weight excluding hydrogens is 467 g/mol. The van der Waals surface area contributed by atoms with Crippen LogP contribution < -0.4 is 9.62 Å². The molecule has 1 spiro atoms. The van der Waals surface area contributed by atoms with Crippen LogP contribution in [0.25, 0.3) is 0 Å². The Morgan fingerprint density at radius 2 is 1.78 bits per heavy atom. The molecule has 1 aromatic heterocycles. The third-order valence-electron chi connectivity index (χ3n) is 7.23. The van der Waals surface area contributed by atoms with Gasteiger partial charge < -0.3 is 4.90 Å². The molecule has 0 bridgehead atoms. The van der Waals surface area contributed by atoms with E-state index >= 15 is 0 Å². The summed E-state index contributed by atoms with van der Waals surface area (Å²) in [5.41, 5.74) is 1.37. The first-order chi connectivity index (χ1) is 15.3. The lowest BCUT2D eigenvalue weighted by atomic mass is 9.50. The van der Waals surface area contributed by atoms with Gasteiger partial charge >= 0.3 is 0 Å². The third-order valence-corrected chi connectivity index (χ3v) is 9.54. The molecule has 3 fully saturated rings. The number of hydrogen-bond acceptors (Lipinski definition) is 5. The van der Waals surface area contributed by atoms with E-state index in [2.05, 4.69) is 19.5 Å². The van der Waals surface area contributed by atoms with Gasteiger partial charge in [-0.3, -0.25) is 9.88 Å². The Morgan fingerprint density at radius 1 is 1.03 bits per heavy atom. The normalized spacial score (nSPS) is 28.4. The monoisotopic (exact) mass is 494 g/mol. The molecule has 3 aliphatic rings. The van der Waals surface area contributed by atoms with Crippen molar-refractivity contribution in [2.24, 2.45) is 11.3 Å². The lowest BCUT2D eigenvalue weighted by Gasteiger charge is -2.58. The van der Waals surface area contributed by atoms with Gasteiger partial charge in [0.05, 0.1) is 15.7 Å². The van der Waals surface area contributed by atoms with E-state index in [0.717, 1.165) is 51.3 Å². The molecule has 2 saturated carbocycles. The van der Waals surface area contributed by atoms with Gasteiger partial charge in [-0.1, -0.05) is 29.3 Å². The zero-order chi connectivity index (χ0) is 22.3. The summed E-state index contributed by atoms with van der Waals surface area (Å²) in [5.74, 6) is 0.715. The summed E-state index contributed by atoms with van der Waals surface area (Å²) in [5, 5.41) is 1.25. The molecule has 32 heavy (non-hydrogen) atoms. The first kappa shape index (κ1) is 22.4. The zero-order valence-corrected chi connectivity index (χ0v) is 20.2. The molecule has 1 aromatic carbocycles. The van der Waals surface area contributed by atoms with Crippen LogP contribution >= 0.6 is 23.2 Å². The quantitative estimate of drug-likeness (QED) is 0.655. The van der Waals surface area contributed by atoms with Gasteiger partial charge in [-0.05, 0) is 61.3 Å². The van der Waals surface area contributed by atoms with Gasteiger partial charge in [-0.25, -0.2) is 13.1 Å². The molecule has 0 unspecified atom stereocenters. The second-order valence-corrected chi connectivity index (χ2v) is 12.0. The molecule has 1 aliphatic heterocycles. The van der Waals surface area contributed by atoms with Crippen LogP contribution in [0.3, 0.4) is 0 Å². The Labute approximate surface area is 200 Å². The zero-order valence-electron chi connectivity index (χ0n) is 17.9. The first-order valence-corrected chi connectivity index (χ1v) is 13.4. The smallest absolute Gasteiger partial charge is 0.242 e. The van der Waals surface area contributed by atoms with Crippen molar-refractivity contribution in [3.05, 3.63) is 52.8 Å². The molecule has 0 amide bonds. The summed E-state index contributed by atoms with van der Waals surface area (Å²) in [6, 6.07) is 9.10. The van der Waals surface area contributed by atoms with Crippen molar-refractivity contribution in [3.63, 3.8) is 0 Å². The molecule has 9 heteroatoms. The minimum Gasteiger partial charge on any atom is -0.368 e. The van der Waals surface area contributed by atoms with Gasteiger partial charge in [-0.15, -0.1) is 0 Å². The number of hydrogen-bond donors (Lipinski definition) is 1. The third kappa shape index (κ3) is 4.50. The average molecular weight is 495 g/mol. The molecule has 5 rings (SSSR count). The Kier molecular flexibility index (Phi) is 6.14. The highest BCUT2D eigenvalue weighted by Gasteiger charge is 2.53. The molecule has 0 radical (unpaired) electrons. The number of nitrogens with zero attached hydrogens (tertiary/aromatic N) is 3. The van der Waals surface area contributed by atoms with Crippen molar-refractivity contribution in [1.82, 2.24) is 14.6 Å². The van der Waals surface area contributed by atoms with Crippen molar-refractivity contribution >= 4 is 38.9 Å². The summed E-state index contributed by atoms with van der Waals surface area (Å²) in [6.45, 7) is 5.09. The maximum atomic E-state index is 12.5. The molecule has 172 valence electrons. The number of sulfonamides is 1. The number of piperazine rings is 1. The summed E-state index contributed by atoms with van der Waals surface area (Å²) < 4.78 is 27.8. The van der Waals surface area contributed by atoms with Crippen LogP contribution in [0.5, 0.6) is 0 Å². The Morgan fingerprint density at radius 3 is 2.47 bits per heavy atom. The number of aromatic nitrogens is 1. The molecule has 1 saturated heterocycles.